The number of hydrogen-bond acceptors (Lipinski definition) is 8. The van der Waals surface area contributed by atoms with Crippen LogP contribution in [0.4, 0.5) is 5.82 Å². The molecule has 0 spiro atoms. The van der Waals surface area contributed by atoms with Crippen LogP contribution in [0, 0.1) is 13.8 Å². The molecule has 4 aromatic rings. The second kappa shape index (κ2) is 8.65. The van der Waals surface area contributed by atoms with E-state index < -0.39 is 10.0 Å². The highest BCUT2D eigenvalue weighted by Gasteiger charge is 2.31. The zero-order valence-electron chi connectivity index (χ0n) is 19.2. The smallest absolute Gasteiger partial charge is 0.243 e. The van der Waals surface area contributed by atoms with Crippen LogP contribution in [0.3, 0.4) is 0 Å². The summed E-state index contributed by atoms with van der Waals surface area (Å²) in [5.74, 6) is 1.39. The van der Waals surface area contributed by atoms with Crippen LogP contribution in [-0.4, -0.2) is 71.0 Å². The molecular weight excluding hydrogens is 454 g/mol. The number of anilines is 1. The molecule has 1 aliphatic rings. The van der Waals surface area contributed by atoms with Gasteiger partial charge in [0.05, 0.1) is 17.7 Å². The van der Waals surface area contributed by atoms with Crippen molar-refractivity contribution in [3.05, 3.63) is 59.9 Å². The first-order chi connectivity index (χ1) is 16.4. The number of nitrogens with zero attached hydrogens (tertiary/aromatic N) is 7. The lowest BCUT2D eigenvalue weighted by Crippen LogP contribution is -2.49. The van der Waals surface area contributed by atoms with E-state index in [-0.39, 0.29) is 0 Å². The monoisotopic (exact) mass is 479 g/mol. The standard InChI is InChI=1S/C23H25N7O3S/c1-16-4-9-20(17(2)14-16)34(31,32)29-12-10-28(11-13-29)22-21-23(25-15-24-22)30(27-26-21)18-5-7-19(33-3)8-6-18/h4-9,14-15H,10-13H2,1-3H3. The summed E-state index contributed by atoms with van der Waals surface area (Å²) in [4.78, 5) is 11.2. The van der Waals surface area contributed by atoms with Crippen LogP contribution in [0.2, 0.25) is 0 Å². The zero-order valence-corrected chi connectivity index (χ0v) is 20.0. The quantitative estimate of drug-likeness (QED) is 0.429. The Balaban J connectivity index is 1.38. The highest BCUT2D eigenvalue weighted by atomic mass is 32.2. The summed E-state index contributed by atoms with van der Waals surface area (Å²) in [5.41, 5.74) is 3.76. The minimum absolute atomic E-state index is 0.355. The maximum absolute atomic E-state index is 13.2. The minimum Gasteiger partial charge on any atom is -0.497 e. The third kappa shape index (κ3) is 3.86. The minimum atomic E-state index is -3.56. The van der Waals surface area contributed by atoms with Crippen LogP contribution in [0.25, 0.3) is 16.9 Å². The van der Waals surface area contributed by atoms with Crippen LogP contribution < -0.4 is 9.64 Å². The molecule has 0 N–H and O–H groups in total. The van der Waals surface area contributed by atoms with Gasteiger partial charge in [-0.05, 0) is 49.7 Å². The van der Waals surface area contributed by atoms with Gasteiger partial charge in [-0.25, -0.2) is 18.4 Å². The van der Waals surface area contributed by atoms with E-state index in [0.717, 1.165) is 22.6 Å². The Kier molecular flexibility index (Phi) is 5.66. The predicted octanol–water partition coefficient (Wildman–Crippen LogP) is 2.35. The Morgan fingerprint density at radius 3 is 2.35 bits per heavy atom. The van der Waals surface area contributed by atoms with Crippen molar-refractivity contribution < 1.29 is 13.2 Å². The molecule has 34 heavy (non-hydrogen) atoms. The molecule has 2 aromatic carbocycles. The van der Waals surface area contributed by atoms with E-state index in [1.807, 2.05) is 55.1 Å². The fourth-order valence-corrected chi connectivity index (χ4v) is 5.86. The van der Waals surface area contributed by atoms with Gasteiger partial charge in [-0.1, -0.05) is 22.9 Å². The third-order valence-electron chi connectivity index (χ3n) is 6.02. The second-order valence-electron chi connectivity index (χ2n) is 8.23. The molecule has 1 fully saturated rings. The van der Waals surface area contributed by atoms with Crippen LogP contribution >= 0.6 is 0 Å². The fourth-order valence-electron chi connectivity index (χ4n) is 4.23. The van der Waals surface area contributed by atoms with Gasteiger partial charge in [0.1, 0.15) is 12.1 Å². The number of aryl methyl sites for hydroxylation is 2. The van der Waals surface area contributed by atoms with E-state index in [9.17, 15) is 8.42 Å². The Bertz CT molecular complexity index is 1440. The molecule has 176 valence electrons. The molecule has 0 radical (unpaired) electrons. The van der Waals surface area contributed by atoms with E-state index >= 15 is 0 Å². The van der Waals surface area contributed by atoms with E-state index in [4.69, 9.17) is 4.74 Å². The molecule has 1 aliphatic heterocycles. The topological polar surface area (TPSA) is 106 Å². The maximum Gasteiger partial charge on any atom is 0.243 e. The number of ether oxygens (including phenoxy) is 1. The molecule has 0 unspecified atom stereocenters. The van der Waals surface area contributed by atoms with Gasteiger partial charge in [0, 0.05) is 26.2 Å². The number of aromatic nitrogens is 5. The van der Waals surface area contributed by atoms with Gasteiger partial charge in [0.25, 0.3) is 0 Å². The number of piperazine rings is 1. The summed E-state index contributed by atoms with van der Waals surface area (Å²) >= 11 is 0. The average Bonchev–Trinajstić information content (AvgIpc) is 3.28. The lowest BCUT2D eigenvalue weighted by molar-refractivity contribution is 0.384. The summed E-state index contributed by atoms with van der Waals surface area (Å²) in [6, 6.07) is 12.9. The van der Waals surface area contributed by atoms with E-state index in [0.29, 0.717) is 48.1 Å². The van der Waals surface area contributed by atoms with E-state index in [1.54, 1.807) is 17.9 Å². The highest BCUT2D eigenvalue weighted by molar-refractivity contribution is 7.89. The second-order valence-corrected chi connectivity index (χ2v) is 10.1. The number of rotatable bonds is 5. The Morgan fingerprint density at radius 2 is 1.68 bits per heavy atom. The number of hydrogen-bond donors (Lipinski definition) is 0. The van der Waals surface area contributed by atoms with Crippen molar-refractivity contribution in [2.24, 2.45) is 0 Å². The molecule has 0 saturated carbocycles. The van der Waals surface area contributed by atoms with Crippen LogP contribution in [0.15, 0.2) is 53.7 Å². The summed E-state index contributed by atoms with van der Waals surface area (Å²) in [7, 11) is -1.95. The van der Waals surface area contributed by atoms with Crippen LogP contribution in [0.5, 0.6) is 5.75 Å². The summed E-state index contributed by atoms with van der Waals surface area (Å²) < 4.78 is 34.9. The third-order valence-corrected chi connectivity index (χ3v) is 8.08. The van der Waals surface area contributed by atoms with Crippen molar-refractivity contribution in [1.29, 1.82) is 0 Å². The molecule has 0 bridgehead atoms. The van der Waals surface area contributed by atoms with Crippen molar-refractivity contribution in [2.45, 2.75) is 18.7 Å². The SMILES string of the molecule is COc1ccc(-n2nnc3c(N4CCN(S(=O)(=O)c5ccc(C)cc5C)CC4)ncnc32)cc1. The van der Waals surface area contributed by atoms with Gasteiger partial charge in [-0.15, -0.1) is 5.10 Å². The van der Waals surface area contributed by atoms with Crippen LogP contribution in [-0.2, 0) is 10.0 Å². The largest absolute Gasteiger partial charge is 0.497 e. The molecule has 10 nitrogen and oxygen atoms in total. The molecule has 3 heterocycles. The van der Waals surface area contributed by atoms with Gasteiger partial charge in [0.2, 0.25) is 10.0 Å². The van der Waals surface area contributed by atoms with Crippen molar-refractivity contribution in [3.63, 3.8) is 0 Å². The molecule has 2 aromatic heterocycles. The normalized spacial score (nSPS) is 15.1. The zero-order chi connectivity index (χ0) is 23.9. The molecule has 0 atom stereocenters. The Morgan fingerprint density at radius 1 is 0.941 bits per heavy atom. The fraction of sp³-hybridized carbons (Fsp3) is 0.304. The molecule has 11 heteroatoms. The Hall–Kier alpha value is -3.57. The van der Waals surface area contributed by atoms with Gasteiger partial charge in [-0.3, -0.25) is 0 Å². The van der Waals surface area contributed by atoms with Crippen LogP contribution in [0.1, 0.15) is 11.1 Å². The molecule has 5 rings (SSSR count). The number of fused-ring (bicyclic) bond motifs is 1. The lowest BCUT2D eigenvalue weighted by Gasteiger charge is -2.34. The summed E-state index contributed by atoms with van der Waals surface area (Å²) in [6.07, 6.45) is 1.49. The summed E-state index contributed by atoms with van der Waals surface area (Å²) in [6.45, 7) is 5.48. The molecule has 0 amide bonds. The lowest BCUT2D eigenvalue weighted by atomic mass is 10.2. The van der Waals surface area contributed by atoms with Crippen molar-refractivity contribution in [1.82, 2.24) is 29.3 Å². The number of benzene rings is 2. The van der Waals surface area contributed by atoms with Crippen molar-refractivity contribution in [2.75, 3.05) is 38.2 Å². The maximum atomic E-state index is 13.2. The van der Waals surface area contributed by atoms with E-state index in [1.165, 1.54) is 10.6 Å². The first-order valence-electron chi connectivity index (χ1n) is 10.9. The van der Waals surface area contributed by atoms with E-state index in [2.05, 4.69) is 20.3 Å². The van der Waals surface area contributed by atoms with Gasteiger partial charge >= 0.3 is 0 Å². The van der Waals surface area contributed by atoms with Crippen molar-refractivity contribution >= 4 is 27.0 Å². The van der Waals surface area contributed by atoms with Crippen molar-refractivity contribution in [3.8, 4) is 11.4 Å². The van der Waals surface area contributed by atoms with Gasteiger partial charge in [-0.2, -0.15) is 8.99 Å². The molecular formula is C23H25N7O3S. The predicted molar refractivity (Wildman–Crippen MR) is 128 cm³/mol. The number of sulfonamides is 1. The molecule has 0 aliphatic carbocycles. The first kappa shape index (κ1) is 22.2. The average molecular weight is 480 g/mol. The van der Waals surface area contributed by atoms with Gasteiger partial charge < -0.3 is 9.64 Å². The molecule has 1 saturated heterocycles. The number of methoxy groups -OCH3 is 1. The first-order valence-corrected chi connectivity index (χ1v) is 12.4. The summed E-state index contributed by atoms with van der Waals surface area (Å²) in [5, 5.41) is 8.61. The highest BCUT2D eigenvalue weighted by Crippen LogP contribution is 2.27. The Labute approximate surface area is 197 Å². The van der Waals surface area contributed by atoms with Gasteiger partial charge in [0.15, 0.2) is 17.0 Å².